The second-order valence-electron chi connectivity index (χ2n) is 8.80. The molecule has 240 valence electrons. The quantitative estimate of drug-likeness (QED) is 0.0629. The van der Waals surface area contributed by atoms with Crippen molar-refractivity contribution in [3.63, 3.8) is 0 Å². The van der Waals surface area contributed by atoms with Gasteiger partial charge in [0, 0.05) is 0 Å². The van der Waals surface area contributed by atoms with Gasteiger partial charge in [0.15, 0.2) is 23.3 Å². The van der Waals surface area contributed by atoms with E-state index in [0.29, 0.717) is 0 Å². The van der Waals surface area contributed by atoms with E-state index in [4.69, 9.17) is 0 Å². The van der Waals surface area contributed by atoms with E-state index in [0.717, 1.165) is 181 Å². The Morgan fingerprint density at radius 3 is 0.444 bits per heavy atom. The summed E-state index contributed by atoms with van der Waals surface area (Å²) in [6.45, 7) is 0. The molecule has 0 radical (unpaired) electrons. The molecule has 0 heterocycles. The number of rotatable bonds is 4. The zero-order chi connectivity index (χ0) is 34.4. The lowest BCUT2D eigenvalue weighted by Gasteiger charge is -2.46. The van der Waals surface area contributed by atoms with E-state index in [9.17, 15) is 17.6 Å². The summed E-state index contributed by atoms with van der Waals surface area (Å²) in [7, 11) is 0. The maximum Gasteiger partial charge on any atom is 0.155 e. The van der Waals surface area contributed by atoms with Crippen LogP contribution in [0, 0.1) is 98.4 Å². The minimum Gasteiger partial charge on any atom is -0.209 e. The first-order valence-electron chi connectivity index (χ1n) is 10.9. The van der Waals surface area contributed by atoms with Gasteiger partial charge in [-0.25, -0.2) is 52.7 Å². The Balaban J connectivity index is 2.69. The number of halogens is 20. The molecule has 0 saturated heterocycles. The predicted molar refractivity (Wildman–Crippen MR) is 211 cm³/mol. The molecule has 0 atom stereocenters. The predicted octanol–water partition coefficient (Wildman–Crippen LogP) is 9.57. The maximum absolute atomic E-state index is 16.4. The molecule has 0 unspecified atom stereocenters. The van der Waals surface area contributed by atoms with Gasteiger partial charge in [-0.15, -0.1) is 21.9 Å². The van der Waals surface area contributed by atoms with Crippen molar-refractivity contribution in [1.29, 1.82) is 0 Å². The monoisotopic (exact) mass is 1540 g/mol. The van der Waals surface area contributed by atoms with Gasteiger partial charge in [-0.3, -0.25) is 0 Å². The third-order valence-corrected chi connectivity index (χ3v) is 14.3. The van der Waals surface area contributed by atoms with Gasteiger partial charge >= 0.3 is 0 Å². The van der Waals surface area contributed by atoms with Crippen LogP contribution in [0.25, 0.3) is 0 Å². The maximum atomic E-state index is 16.4. The van der Waals surface area contributed by atoms with Gasteiger partial charge < -0.3 is 0 Å². The molecule has 45 heavy (non-hydrogen) atoms. The molecule has 0 aliphatic rings. The molecule has 0 N–H and O–H groups in total. The van der Waals surface area contributed by atoms with Crippen molar-refractivity contribution in [1.82, 2.24) is 0 Å². The molecule has 4 aromatic rings. The van der Waals surface area contributed by atoms with Crippen molar-refractivity contribution in [2.45, 2.75) is 0 Å². The third kappa shape index (κ3) is 5.97. The fourth-order valence-electron chi connectivity index (χ4n) is 4.87. The van der Waals surface area contributed by atoms with E-state index in [1.54, 1.807) is 0 Å². The van der Waals surface area contributed by atoms with Crippen molar-refractivity contribution >= 4 is 209 Å². The first-order chi connectivity index (χ1) is 20.7. The highest BCUT2D eigenvalue weighted by molar-refractivity contribution is 14.1. The molecule has 0 fully saturated rings. The van der Waals surface area contributed by atoms with E-state index < -0.39 is 126 Å². The molecular weight excluding hydrogens is 1540 g/mol. The molecule has 0 spiro atoms. The van der Waals surface area contributed by atoms with Crippen molar-refractivity contribution in [3.8, 4) is 0 Å². The molecule has 0 aliphatic carbocycles. The summed E-state index contributed by atoms with van der Waals surface area (Å²) < 4.78 is 182. The van der Waals surface area contributed by atoms with Crippen LogP contribution in [0.3, 0.4) is 0 Å². The van der Waals surface area contributed by atoms with Crippen molar-refractivity contribution in [2.75, 3.05) is 0 Å². The Morgan fingerprint density at radius 2 is 0.333 bits per heavy atom. The lowest BCUT2D eigenvalue weighted by molar-refractivity contribution is 0.526. The van der Waals surface area contributed by atoms with Gasteiger partial charge in [0.05, 0.1) is 28.6 Å². The van der Waals surface area contributed by atoms with Crippen LogP contribution in [0.4, 0.5) is 52.7 Å². The first-order valence-corrected chi connectivity index (χ1v) is 19.6. The average Bonchev–Trinajstić information content (AvgIpc) is 3.00. The smallest absolute Gasteiger partial charge is 0.155 e. The zero-order valence-electron chi connectivity index (χ0n) is 20.1. The summed E-state index contributed by atoms with van der Waals surface area (Å²) in [6, 6.07) is 0. The fraction of sp³-hybridized carbons (Fsp3) is 0. The van der Waals surface area contributed by atoms with E-state index in [-0.39, 0.29) is 0 Å². The average molecular weight is 1540 g/mol. The van der Waals surface area contributed by atoms with Crippen LogP contribution in [-0.2, 0) is 0 Å². The molecule has 0 bridgehead atoms. The molecular formula is C24BF12I8-. The van der Waals surface area contributed by atoms with Crippen molar-refractivity contribution in [2.24, 2.45) is 0 Å². The first kappa shape index (κ1) is 39.7. The van der Waals surface area contributed by atoms with E-state index in [1.165, 1.54) is 0 Å². The van der Waals surface area contributed by atoms with Crippen LogP contribution in [0.2, 0.25) is 0 Å². The van der Waals surface area contributed by atoms with Gasteiger partial charge in [-0.2, -0.15) is 0 Å². The van der Waals surface area contributed by atoms with Gasteiger partial charge in [0.2, 0.25) is 0 Å². The van der Waals surface area contributed by atoms with Gasteiger partial charge in [0.1, 0.15) is 52.7 Å². The van der Waals surface area contributed by atoms with Crippen LogP contribution in [-0.4, -0.2) is 6.15 Å². The number of hydrogen-bond acceptors (Lipinski definition) is 0. The lowest BCUT2D eigenvalue weighted by Crippen LogP contribution is -2.81. The summed E-state index contributed by atoms with van der Waals surface area (Å²) in [5.41, 5.74) is -7.47. The molecule has 21 heteroatoms. The molecule has 0 nitrogen and oxygen atoms in total. The van der Waals surface area contributed by atoms with Gasteiger partial charge in [-0.1, -0.05) is 0 Å². The highest BCUT2D eigenvalue weighted by atomic mass is 127. The van der Waals surface area contributed by atoms with Gasteiger partial charge in [-0.05, 0) is 181 Å². The topological polar surface area (TPSA) is 0 Å². The highest BCUT2D eigenvalue weighted by Crippen LogP contribution is 2.34. The molecule has 0 amide bonds. The standard InChI is InChI=1S/C24BF12I8/c26-5-1(6(27)18(39)13(34)17(5)38)25(2-7(28)19(40)14(35)20(41)8(2)29,3-9(30)21(42)15(36)22(43)10(3)31)4-11(32)23(44)16(37)24(45)12(4)33/q-1. The normalized spacial score (nSPS) is 12.0. The van der Waals surface area contributed by atoms with E-state index >= 15 is 35.1 Å². The zero-order valence-corrected chi connectivity index (χ0v) is 37.4. The Kier molecular flexibility index (Phi) is 12.8. The van der Waals surface area contributed by atoms with Crippen LogP contribution < -0.4 is 21.9 Å². The van der Waals surface area contributed by atoms with Crippen LogP contribution in [0.5, 0.6) is 0 Å². The van der Waals surface area contributed by atoms with E-state index in [1.807, 2.05) is 0 Å². The summed E-state index contributed by atoms with van der Waals surface area (Å²) in [6.07, 6.45) is -5.34. The fourth-order valence-corrected chi connectivity index (χ4v) is 11.4. The Labute approximate surface area is 353 Å². The highest BCUT2D eigenvalue weighted by Gasteiger charge is 2.50. The summed E-state index contributed by atoms with van der Waals surface area (Å²) in [4.78, 5) is 0. The molecule has 4 aromatic carbocycles. The second kappa shape index (κ2) is 14.5. The lowest BCUT2D eigenvalue weighted by atomic mass is 9.12. The van der Waals surface area contributed by atoms with Crippen molar-refractivity contribution < 1.29 is 52.7 Å². The van der Waals surface area contributed by atoms with Crippen molar-refractivity contribution in [3.05, 3.63) is 98.4 Å². The van der Waals surface area contributed by atoms with E-state index in [2.05, 4.69) is 0 Å². The molecule has 0 saturated carbocycles. The minimum atomic E-state index is -5.34. The molecule has 0 aromatic heterocycles. The van der Waals surface area contributed by atoms with Crippen LogP contribution >= 0.6 is 181 Å². The molecule has 4 rings (SSSR count). The Bertz CT molecular complexity index is 1590. The largest absolute Gasteiger partial charge is 0.209 e. The number of benzene rings is 4. The molecule has 0 aliphatic heterocycles. The van der Waals surface area contributed by atoms with Crippen LogP contribution in [0.1, 0.15) is 0 Å². The summed E-state index contributed by atoms with van der Waals surface area (Å²) in [5, 5.41) is 0. The SMILES string of the molecule is Fc1c(I)c(F)c([B-](c2c(F)c(I)c(F)c(I)c2F)(c2c(F)c(I)c(F)c(I)c2F)c2c(F)c(I)c(F)c(I)c2F)c(F)c1I. The third-order valence-electron chi connectivity index (χ3n) is 6.71. The Hall–Kier alpha value is 1.94. The van der Waals surface area contributed by atoms with Gasteiger partial charge in [0.25, 0.3) is 0 Å². The van der Waals surface area contributed by atoms with Crippen LogP contribution in [0.15, 0.2) is 0 Å². The second-order valence-corrected chi connectivity index (χ2v) is 17.4. The number of hydrogen-bond donors (Lipinski definition) is 0. The Morgan fingerprint density at radius 1 is 0.222 bits per heavy atom. The summed E-state index contributed by atoms with van der Waals surface area (Å²) in [5.74, 6) is -23.3. The summed E-state index contributed by atoms with van der Waals surface area (Å²) >= 11 is 7.84. The minimum absolute atomic E-state index is 0.980.